The highest BCUT2D eigenvalue weighted by Crippen LogP contribution is 2.73. The van der Waals surface area contributed by atoms with E-state index in [0.717, 1.165) is 18.8 Å². The number of carbonyl (C=O) groups excluding carboxylic acids is 1. The summed E-state index contributed by atoms with van der Waals surface area (Å²) in [6.07, 6.45) is 8.88. The quantitative estimate of drug-likeness (QED) is 0.448. The van der Waals surface area contributed by atoms with Crippen molar-refractivity contribution in [2.45, 2.75) is 92.1 Å². The summed E-state index contributed by atoms with van der Waals surface area (Å²) in [7, 11) is 1.47. The molecule has 0 radical (unpaired) electrons. The number of hydrogen-bond donors (Lipinski definition) is 1. The second kappa shape index (κ2) is 6.58. The predicted octanol–water partition coefficient (Wildman–Crippen LogP) is 5.76. The molecule has 1 unspecified atom stereocenters. The maximum atomic E-state index is 12.8. The van der Waals surface area contributed by atoms with Gasteiger partial charge in [0.25, 0.3) is 0 Å². The molecule has 29 heavy (non-hydrogen) atoms. The fourth-order valence-corrected chi connectivity index (χ4v) is 9.56. The van der Waals surface area contributed by atoms with E-state index in [1.54, 1.807) is 0 Å². The highest BCUT2D eigenvalue weighted by atomic mass is 16.5. The van der Waals surface area contributed by atoms with Crippen LogP contribution in [-0.4, -0.2) is 24.3 Å². The van der Waals surface area contributed by atoms with Crippen molar-refractivity contribution in [1.82, 2.24) is 0 Å². The van der Waals surface area contributed by atoms with Gasteiger partial charge in [0.1, 0.15) is 0 Å². The van der Waals surface area contributed by atoms with Crippen LogP contribution in [0.1, 0.15) is 86.0 Å². The van der Waals surface area contributed by atoms with Gasteiger partial charge in [-0.2, -0.15) is 0 Å². The monoisotopic (exact) mass is 402 g/mol. The molecule has 3 heteroatoms. The lowest BCUT2D eigenvalue weighted by Gasteiger charge is -2.70. The van der Waals surface area contributed by atoms with Gasteiger partial charge in [-0.25, -0.2) is 0 Å². The number of ether oxygens (including phenoxy) is 1. The molecule has 0 amide bonds. The molecular formula is C26H42O3. The molecule has 4 aliphatic rings. The first-order valence-electron chi connectivity index (χ1n) is 11.9. The Hall–Kier alpha value is -0.830. The molecule has 0 aromatic carbocycles. The maximum absolute atomic E-state index is 12.8. The molecule has 4 fully saturated rings. The Morgan fingerprint density at radius 3 is 2.17 bits per heavy atom. The van der Waals surface area contributed by atoms with Crippen LogP contribution in [0.4, 0.5) is 0 Å². The molecule has 0 bridgehead atoms. The van der Waals surface area contributed by atoms with Crippen LogP contribution in [0.15, 0.2) is 12.2 Å². The van der Waals surface area contributed by atoms with E-state index in [-0.39, 0.29) is 22.7 Å². The smallest absolute Gasteiger partial charge is 0.313 e. The van der Waals surface area contributed by atoms with Gasteiger partial charge < -0.3 is 9.84 Å². The van der Waals surface area contributed by atoms with Crippen LogP contribution in [0.25, 0.3) is 0 Å². The highest BCUT2D eigenvalue weighted by Gasteiger charge is 2.67. The number of rotatable bonds is 1. The minimum Gasteiger partial charge on any atom is -0.469 e. The Labute approximate surface area is 177 Å². The lowest BCUT2D eigenvalue weighted by molar-refractivity contribution is -0.213. The molecule has 0 aliphatic heterocycles. The van der Waals surface area contributed by atoms with Crippen molar-refractivity contribution >= 4 is 5.97 Å². The van der Waals surface area contributed by atoms with E-state index in [4.69, 9.17) is 4.74 Å². The maximum Gasteiger partial charge on any atom is 0.313 e. The van der Waals surface area contributed by atoms with Gasteiger partial charge in [-0.15, -0.1) is 0 Å². The minimum absolute atomic E-state index is 0.165. The van der Waals surface area contributed by atoms with E-state index in [2.05, 4.69) is 41.2 Å². The number of fused-ring (bicyclic) bond motifs is 5. The SMILES string of the molecule is C=C1[C@H](C(=O)OC)[C@@]2(C)CC[C@H]3[C@@](C)(CCC4C(C)(C)CCC[C@@]43C)[C@@H]2C[C@H]1O. The second-order valence-corrected chi connectivity index (χ2v) is 12.4. The van der Waals surface area contributed by atoms with Gasteiger partial charge in [0.15, 0.2) is 0 Å². The molecule has 164 valence electrons. The first kappa shape index (κ1) is 21.4. The number of methoxy groups -OCH3 is 1. The highest BCUT2D eigenvalue weighted by molar-refractivity contribution is 5.77. The van der Waals surface area contributed by atoms with Crippen LogP contribution < -0.4 is 0 Å². The molecular weight excluding hydrogens is 360 g/mol. The number of aliphatic hydroxyl groups excluding tert-OH is 1. The first-order valence-corrected chi connectivity index (χ1v) is 11.9. The topological polar surface area (TPSA) is 46.5 Å². The van der Waals surface area contributed by atoms with Gasteiger partial charge in [-0.05, 0) is 89.9 Å². The first-order chi connectivity index (χ1) is 13.4. The lowest BCUT2D eigenvalue weighted by Crippen LogP contribution is -2.64. The van der Waals surface area contributed by atoms with Crippen LogP contribution in [0.3, 0.4) is 0 Å². The molecule has 4 rings (SSSR count). The Kier molecular flexibility index (Phi) is 4.86. The van der Waals surface area contributed by atoms with Gasteiger partial charge in [-0.1, -0.05) is 47.6 Å². The fourth-order valence-electron chi connectivity index (χ4n) is 9.56. The van der Waals surface area contributed by atoms with E-state index in [1.807, 2.05) is 0 Å². The minimum atomic E-state index is -0.596. The number of aliphatic hydroxyl groups is 1. The van der Waals surface area contributed by atoms with Crippen molar-refractivity contribution in [3.05, 3.63) is 12.2 Å². The number of hydrogen-bond acceptors (Lipinski definition) is 3. The van der Waals surface area contributed by atoms with Crippen LogP contribution in [-0.2, 0) is 9.53 Å². The Morgan fingerprint density at radius 1 is 0.931 bits per heavy atom. The van der Waals surface area contributed by atoms with Crippen LogP contribution >= 0.6 is 0 Å². The number of carbonyl (C=O) groups is 1. The summed E-state index contributed by atoms with van der Waals surface area (Å²) in [5, 5.41) is 10.9. The lowest BCUT2D eigenvalue weighted by atomic mass is 9.35. The third-order valence-electron chi connectivity index (χ3n) is 10.8. The number of esters is 1. The summed E-state index contributed by atoms with van der Waals surface area (Å²) < 4.78 is 5.21. The van der Waals surface area contributed by atoms with E-state index in [0.29, 0.717) is 28.2 Å². The summed E-state index contributed by atoms with van der Waals surface area (Å²) in [4.78, 5) is 12.8. The molecule has 0 heterocycles. The molecule has 0 aromatic heterocycles. The van der Waals surface area contributed by atoms with Crippen molar-refractivity contribution in [2.75, 3.05) is 7.11 Å². The van der Waals surface area contributed by atoms with Crippen molar-refractivity contribution in [1.29, 1.82) is 0 Å². The summed E-state index contributed by atoms with van der Waals surface area (Å²) >= 11 is 0. The van der Waals surface area contributed by atoms with E-state index < -0.39 is 6.10 Å². The van der Waals surface area contributed by atoms with Gasteiger partial charge in [0, 0.05) is 0 Å². The third-order valence-corrected chi connectivity index (χ3v) is 10.8. The van der Waals surface area contributed by atoms with Crippen LogP contribution in [0.2, 0.25) is 0 Å². The standard InChI is InChI=1S/C26H42O3/c1-16-17(27)15-20-25(5)13-9-18-23(2,3)11-8-12-24(18,4)19(25)10-14-26(20,6)21(16)22(28)29-7/h17-21,27H,1,8-15H2,2-7H3/t17-,18?,19-,20+,21-,24+,25-,26+/m1/s1. The van der Waals surface area contributed by atoms with Gasteiger partial charge in [-0.3, -0.25) is 4.79 Å². The van der Waals surface area contributed by atoms with Gasteiger partial charge in [0.05, 0.1) is 19.1 Å². The van der Waals surface area contributed by atoms with Crippen LogP contribution in [0, 0.1) is 45.3 Å². The molecule has 8 atom stereocenters. The summed E-state index contributed by atoms with van der Waals surface area (Å²) in [6, 6.07) is 0. The van der Waals surface area contributed by atoms with E-state index >= 15 is 0 Å². The predicted molar refractivity (Wildman–Crippen MR) is 116 cm³/mol. The van der Waals surface area contributed by atoms with Crippen molar-refractivity contribution in [3.63, 3.8) is 0 Å². The Balaban J connectivity index is 1.76. The largest absolute Gasteiger partial charge is 0.469 e. The molecule has 1 N–H and O–H groups in total. The molecule has 0 spiro atoms. The zero-order valence-electron chi connectivity index (χ0n) is 19.5. The van der Waals surface area contributed by atoms with Gasteiger partial charge in [0.2, 0.25) is 0 Å². The van der Waals surface area contributed by atoms with Crippen molar-refractivity contribution in [3.8, 4) is 0 Å². The average Bonchev–Trinajstić information content (AvgIpc) is 2.62. The normalized spacial score (nSPS) is 51.4. The molecule has 0 saturated heterocycles. The molecule has 3 nitrogen and oxygen atoms in total. The van der Waals surface area contributed by atoms with E-state index in [1.165, 1.54) is 45.6 Å². The molecule has 4 saturated carbocycles. The summed E-state index contributed by atoms with van der Waals surface area (Å²) in [5.41, 5.74) is 1.47. The molecule has 4 aliphatic carbocycles. The molecule has 0 aromatic rings. The summed E-state index contributed by atoms with van der Waals surface area (Å²) in [5.74, 6) is 1.20. The van der Waals surface area contributed by atoms with Crippen molar-refractivity contribution in [2.24, 2.45) is 45.3 Å². The Morgan fingerprint density at radius 2 is 1.52 bits per heavy atom. The zero-order valence-corrected chi connectivity index (χ0v) is 19.5. The third kappa shape index (κ3) is 2.75. The van der Waals surface area contributed by atoms with Gasteiger partial charge >= 0.3 is 5.97 Å². The fraction of sp³-hybridized carbons (Fsp3) is 0.885. The van der Waals surface area contributed by atoms with Crippen LogP contribution in [0.5, 0.6) is 0 Å². The van der Waals surface area contributed by atoms with Crippen molar-refractivity contribution < 1.29 is 14.6 Å². The van der Waals surface area contributed by atoms with E-state index in [9.17, 15) is 9.90 Å². The Bertz CT molecular complexity index is 711. The second-order valence-electron chi connectivity index (χ2n) is 12.4. The zero-order chi connectivity index (χ0) is 21.4. The average molecular weight is 403 g/mol. The summed E-state index contributed by atoms with van der Waals surface area (Å²) in [6.45, 7) is 16.5.